The molecule has 0 aromatic rings. The van der Waals surface area contributed by atoms with E-state index in [4.69, 9.17) is 0 Å². The van der Waals surface area contributed by atoms with Crippen molar-refractivity contribution in [2.24, 2.45) is 5.92 Å². The molecule has 0 radical (unpaired) electrons. The van der Waals surface area contributed by atoms with Crippen LogP contribution in [0, 0.1) is 5.92 Å². The zero-order chi connectivity index (χ0) is 11.3. The summed E-state index contributed by atoms with van der Waals surface area (Å²) in [5.41, 5.74) is 0. The molecule has 1 aliphatic rings. The van der Waals surface area contributed by atoms with Gasteiger partial charge in [0.05, 0.1) is 0 Å². The van der Waals surface area contributed by atoms with E-state index in [2.05, 4.69) is 24.5 Å². The van der Waals surface area contributed by atoms with Gasteiger partial charge in [-0.05, 0) is 38.6 Å². The van der Waals surface area contributed by atoms with Gasteiger partial charge in [-0.25, -0.2) is 0 Å². The van der Waals surface area contributed by atoms with Crippen molar-refractivity contribution >= 4 is 5.91 Å². The molecular formula is C12H24N2O. The number of carbonyl (C=O) groups is 1. The summed E-state index contributed by atoms with van der Waals surface area (Å²) in [6, 6.07) is 1.07. The zero-order valence-corrected chi connectivity index (χ0v) is 10.2. The number of carbonyl (C=O) groups excluding carboxylic acids is 1. The van der Waals surface area contributed by atoms with E-state index >= 15 is 0 Å². The van der Waals surface area contributed by atoms with E-state index in [-0.39, 0.29) is 5.91 Å². The molecular weight excluding hydrogens is 188 g/mol. The molecule has 1 saturated carbocycles. The van der Waals surface area contributed by atoms with Gasteiger partial charge in [0.25, 0.3) is 0 Å². The predicted octanol–water partition coefficient (Wildman–Crippen LogP) is 1.68. The quantitative estimate of drug-likeness (QED) is 0.744. The lowest BCUT2D eigenvalue weighted by Gasteiger charge is -2.29. The largest absolute Gasteiger partial charge is 0.353 e. The summed E-state index contributed by atoms with van der Waals surface area (Å²) >= 11 is 0. The molecule has 0 spiro atoms. The standard InChI is InChI=1S/C12H24N2O/c1-9(2)8-12(15)14-11-6-4-10(13-3)5-7-11/h9-11,13H,4-8H2,1-3H3,(H,14,15). The van der Waals surface area contributed by atoms with E-state index in [1.54, 1.807) is 0 Å². The second kappa shape index (κ2) is 6.11. The molecule has 1 aliphatic carbocycles. The molecule has 1 fully saturated rings. The topological polar surface area (TPSA) is 41.1 Å². The molecule has 3 nitrogen and oxygen atoms in total. The monoisotopic (exact) mass is 212 g/mol. The molecule has 1 rings (SSSR count). The van der Waals surface area contributed by atoms with Crippen LogP contribution in [0.15, 0.2) is 0 Å². The lowest BCUT2D eigenvalue weighted by atomic mass is 9.91. The fourth-order valence-electron chi connectivity index (χ4n) is 2.18. The Labute approximate surface area is 93.0 Å². The summed E-state index contributed by atoms with van der Waals surface area (Å²) in [6.07, 6.45) is 5.27. The summed E-state index contributed by atoms with van der Waals surface area (Å²) in [6.45, 7) is 4.16. The first-order valence-corrected chi connectivity index (χ1v) is 6.08. The van der Waals surface area contributed by atoms with Crippen LogP contribution >= 0.6 is 0 Å². The van der Waals surface area contributed by atoms with Crippen molar-refractivity contribution in [3.63, 3.8) is 0 Å². The fourth-order valence-corrected chi connectivity index (χ4v) is 2.18. The van der Waals surface area contributed by atoms with Crippen LogP contribution in [0.4, 0.5) is 0 Å². The summed E-state index contributed by atoms with van der Waals surface area (Å²) in [5.74, 6) is 0.677. The highest BCUT2D eigenvalue weighted by Crippen LogP contribution is 2.18. The van der Waals surface area contributed by atoms with E-state index in [1.165, 1.54) is 12.8 Å². The Morgan fingerprint density at radius 3 is 2.20 bits per heavy atom. The molecule has 3 heteroatoms. The van der Waals surface area contributed by atoms with Crippen molar-refractivity contribution < 1.29 is 4.79 Å². The van der Waals surface area contributed by atoms with E-state index in [0.29, 0.717) is 24.4 Å². The molecule has 2 N–H and O–H groups in total. The molecule has 88 valence electrons. The molecule has 0 heterocycles. The minimum absolute atomic E-state index is 0.220. The van der Waals surface area contributed by atoms with Crippen LogP contribution in [0.1, 0.15) is 46.0 Å². The third kappa shape index (κ3) is 4.65. The minimum atomic E-state index is 0.220. The number of rotatable bonds is 4. The number of amides is 1. The normalized spacial score (nSPS) is 26.7. The SMILES string of the molecule is CNC1CCC(NC(=O)CC(C)C)CC1. The molecule has 0 atom stereocenters. The maximum absolute atomic E-state index is 11.5. The van der Waals surface area contributed by atoms with Gasteiger partial charge in [0, 0.05) is 18.5 Å². The van der Waals surface area contributed by atoms with Crippen molar-refractivity contribution in [1.29, 1.82) is 0 Å². The first-order chi connectivity index (χ1) is 7.11. The average molecular weight is 212 g/mol. The smallest absolute Gasteiger partial charge is 0.220 e. The van der Waals surface area contributed by atoms with Gasteiger partial charge < -0.3 is 10.6 Å². The summed E-state index contributed by atoms with van der Waals surface area (Å²) < 4.78 is 0. The Balaban J connectivity index is 2.20. The van der Waals surface area contributed by atoms with Crippen LogP contribution in [0.5, 0.6) is 0 Å². The number of nitrogens with one attached hydrogen (secondary N) is 2. The van der Waals surface area contributed by atoms with Crippen LogP contribution in [0.3, 0.4) is 0 Å². The van der Waals surface area contributed by atoms with Crippen LogP contribution < -0.4 is 10.6 Å². The third-order valence-corrected chi connectivity index (χ3v) is 3.09. The second-order valence-corrected chi connectivity index (χ2v) is 5.00. The summed E-state index contributed by atoms with van der Waals surface area (Å²) in [5, 5.41) is 6.43. The van der Waals surface area contributed by atoms with Crippen molar-refractivity contribution in [2.75, 3.05) is 7.05 Å². The Morgan fingerprint density at radius 1 is 1.20 bits per heavy atom. The lowest BCUT2D eigenvalue weighted by Crippen LogP contribution is -2.41. The molecule has 0 unspecified atom stereocenters. The van der Waals surface area contributed by atoms with Crippen molar-refractivity contribution in [2.45, 2.75) is 58.0 Å². The number of hydrogen-bond donors (Lipinski definition) is 2. The Morgan fingerprint density at radius 2 is 1.73 bits per heavy atom. The zero-order valence-electron chi connectivity index (χ0n) is 10.2. The first-order valence-electron chi connectivity index (χ1n) is 6.08. The van der Waals surface area contributed by atoms with Gasteiger partial charge in [0.15, 0.2) is 0 Å². The summed E-state index contributed by atoms with van der Waals surface area (Å²) in [7, 11) is 2.02. The van der Waals surface area contributed by atoms with Gasteiger partial charge in [-0.1, -0.05) is 13.8 Å². The van der Waals surface area contributed by atoms with Crippen LogP contribution in [-0.2, 0) is 4.79 Å². The molecule has 0 aromatic carbocycles. The van der Waals surface area contributed by atoms with Crippen molar-refractivity contribution in [3.8, 4) is 0 Å². The van der Waals surface area contributed by atoms with E-state index in [9.17, 15) is 4.79 Å². The highest BCUT2D eigenvalue weighted by Gasteiger charge is 2.21. The minimum Gasteiger partial charge on any atom is -0.353 e. The summed E-state index contributed by atoms with van der Waals surface area (Å²) in [4.78, 5) is 11.5. The van der Waals surface area contributed by atoms with Crippen LogP contribution in [0.2, 0.25) is 0 Å². The first kappa shape index (κ1) is 12.5. The Kier molecular flexibility index (Phi) is 5.09. The van der Waals surface area contributed by atoms with E-state index in [0.717, 1.165) is 12.8 Å². The van der Waals surface area contributed by atoms with Gasteiger partial charge >= 0.3 is 0 Å². The fraction of sp³-hybridized carbons (Fsp3) is 0.917. The number of hydrogen-bond acceptors (Lipinski definition) is 2. The highest BCUT2D eigenvalue weighted by molar-refractivity contribution is 5.76. The maximum Gasteiger partial charge on any atom is 0.220 e. The van der Waals surface area contributed by atoms with E-state index < -0.39 is 0 Å². The third-order valence-electron chi connectivity index (χ3n) is 3.09. The molecule has 15 heavy (non-hydrogen) atoms. The average Bonchev–Trinajstić information content (AvgIpc) is 2.17. The van der Waals surface area contributed by atoms with Crippen molar-refractivity contribution in [1.82, 2.24) is 10.6 Å². The van der Waals surface area contributed by atoms with Gasteiger partial charge in [-0.15, -0.1) is 0 Å². The van der Waals surface area contributed by atoms with Crippen LogP contribution in [0.25, 0.3) is 0 Å². The Bertz CT molecular complexity index is 196. The van der Waals surface area contributed by atoms with Crippen LogP contribution in [-0.4, -0.2) is 25.0 Å². The lowest BCUT2D eigenvalue weighted by molar-refractivity contribution is -0.122. The highest BCUT2D eigenvalue weighted by atomic mass is 16.1. The predicted molar refractivity (Wildman–Crippen MR) is 62.7 cm³/mol. The van der Waals surface area contributed by atoms with Gasteiger partial charge in [0.1, 0.15) is 0 Å². The molecule has 0 aliphatic heterocycles. The second-order valence-electron chi connectivity index (χ2n) is 5.00. The molecule has 0 saturated heterocycles. The van der Waals surface area contributed by atoms with Gasteiger partial charge in [0.2, 0.25) is 5.91 Å². The molecule has 0 bridgehead atoms. The van der Waals surface area contributed by atoms with E-state index in [1.807, 2.05) is 7.05 Å². The molecule has 0 aromatic heterocycles. The van der Waals surface area contributed by atoms with Crippen molar-refractivity contribution in [3.05, 3.63) is 0 Å². The van der Waals surface area contributed by atoms with Gasteiger partial charge in [-0.2, -0.15) is 0 Å². The van der Waals surface area contributed by atoms with Gasteiger partial charge in [-0.3, -0.25) is 4.79 Å². The molecule has 1 amide bonds. The maximum atomic E-state index is 11.5. The Hall–Kier alpha value is -0.570.